The summed E-state index contributed by atoms with van der Waals surface area (Å²) in [7, 11) is 4.03. The number of pyridine rings is 1. The second-order valence-corrected chi connectivity index (χ2v) is 6.77. The number of nitrogens with zero attached hydrogens (tertiary/aromatic N) is 3. The fraction of sp³-hybridized carbons (Fsp3) is 0.238. The van der Waals surface area contributed by atoms with Crippen molar-refractivity contribution < 1.29 is 28.1 Å². The zero-order chi connectivity index (χ0) is 24.3. The number of benzene rings is 1. The van der Waals surface area contributed by atoms with Crippen molar-refractivity contribution in [2.75, 3.05) is 26.6 Å². The minimum atomic E-state index is -0.905. The van der Waals surface area contributed by atoms with Gasteiger partial charge in [0.15, 0.2) is 18.1 Å². The maximum absolute atomic E-state index is 14.7. The summed E-state index contributed by atoms with van der Waals surface area (Å²) in [5.41, 5.74) is 4.36. The standard InChI is InChI=1S/C21H21FN4O7/c1-11-7-18(27)26(21(29)25(11)2)14-9-16(13(23)8-12(14)22)33-15-5-6-17(30-3)24-20(15)32-10-19(28)31-4/h5-9H,10,23H2,1-4H3. The molecule has 2 heterocycles. The number of hydrogen-bond donors (Lipinski definition) is 1. The van der Waals surface area contributed by atoms with Crippen LogP contribution in [-0.4, -0.2) is 40.9 Å². The van der Waals surface area contributed by atoms with Gasteiger partial charge in [-0.3, -0.25) is 4.79 Å². The molecule has 1 aromatic carbocycles. The molecule has 3 aromatic rings. The van der Waals surface area contributed by atoms with Crippen LogP contribution in [0, 0.1) is 12.7 Å². The molecule has 33 heavy (non-hydrogen) atoms. The number of nitrogen functional groups attached to an aromatic ring is 1. The molecule has 0 radical (unpaired) electrons. The molecule has 0 atom stereocenters. The molecule has 0 aliphatic carbocycles. The van der Waals surface area contributed by atoms with Gasteiger partial charge >= 0.3 is 11.7 Å². The Labute approximate surface area is 186 Å². The lowest BCUT2D eigenvalue weighted by molar-refractivity contribution is -0.143. The largest absolute Gasteiger partial charge is 0.481 e. The van der Waals surface area contributed by atoms with E-state index >= 15 is 0 Å². The number of aryl methyl sites for hydroxylation is 1. The molecule has 11 nitrogen and oxygen atoms in total. The first-order valence-electron chi connectivity index (χ1n) is 9.47. The SMILES string of the molecule is COC(=O)COc1nc(OC)ccc1Oc1cc(-n2c(=O)cc(C)n(C)c2=O)c(F)cc1N. The van der Waals surface area contributed by atoms with Crippen LogP contribution < -0.4 is 31.2 Å². The van der Waals surface area contributed by atoms with Crippen LogP contribution in [0.3, 0.4) is 0 Å². The summed E-state index contributed by atoms with van der Waals surface area (Å²) in [4.78, 5) is 40.6. The zero-order valence-corrected chi connectivity index (χ0v) is 18.2. The smallest absolute Gasteiger partial charge is 0.343 e. The highest BCUT2D eigenvalue weighted by atomic mass is 19.1. The molecule has 174 valence electrons. The summed E-state index contributed by atoms with van der Waals surface area (Å²) < 4.78 is 37.2. The summed E-state index contributed by atoms with van der Waals surface area (Å²) in [5.74, 6) is -1.61. The van der Waals surface area contributed by atoms with Crippen molar-refractivity contribution in [3.05, 3.63) is 62.7 Å². The molecule has 2 N–H and O–H groups in total. The molecule has 0 unspecified atom stereocenters. The molecule has 0 bridgehead atoms. The molecule has 0 spiro atoms. The molecule has 0 aliphatic rings. The average molecular weight is 460 g/mol. The molecule has 3 rings (SSSR count). The Kier molecular flexibility index (Phi) is 6.66. The number of ether oxygens (including phenoxy) is 4. The summed E-state index contributed by atoms with van der Waals surface area (Å²) in [6, 6.07) is 6.11. The summed E-state index contributed by atoms with van der Waals surface area (Å²) >= 11 is 0. The number of rotatable bonds is 7. The van der Waals surface area contributed by atoms with Gasteiger partial charge in [-0.1, -0.05) is 0 Å². The van der Waals surface area contributed by atoms with Gasteiger partial charge in [0.05, 0.1) is 25.6 Å². The van der Waals surface area contributed by atoms with Gasteiger partial charge in [-0.05, 0) is 13.0 Å². The van der Waals surface area contributed by atoms with E-state index in [0.29, 0.717) is 10.3 Å². The molecule has 0 fully saturated rings. The van der Waals surface area contributed by atoms with E-state index < -0.39 is 29.6 Å². The maximum Gasteiger partial charge on any atom is 0.343 e. The maximum atomic E-state index is 14.7. The van der Waals surface area contributed by atoms with Crippen molar-refractivity contribution in [3.8, 4) is 28.9 Å². The Morgan fingerprint density at radius 3 is 2.55 bits per heavy atom. The average Bonchev–Trinajstić information content (AvgIpc) is 2.79. The van der Waals surface area contributed by atoms with E-state index in [4.69, 9.17) is 19.9 Å². The van der Waals surface area contributed by atoms with Crippen molar-refractivity contribution in [1.82, 2.24) is 14.1 Å². The van der Waals surface area contributed by atoms with Gasteiger partial charge in [0.2, 0.25) is 5.88 Å². The second kappa shape index (κ2) is 9.42. The Bertz CT molecular complexity index is 1330. The van der Waals surface area contributed by atoms with Gasteiger partial charge in [0, 0.05) is 37.0 Å². The summed E-state index contributed by atoms with van der Waals surface area (Å²) in [6.45, 7) is 1.11. The van der Waals surface area contributed by atoms with Crippen molar-refractivity contribution >= 4 is 11.7 Å². The van der Waals surface area contributed by atoms with E-state index in [0.717, 1.165) is 12.1 Å². The zero-order valence-electron chi connectivity index (χ0n) is 18.2. The van der Waals surface area contributed by atoms with E-state index in [1.807, 2.05) is 0 Å². The predicted molar refractivity (Wildman–Crippen MR) is 115 cm³/mol. The Hall–Kier alpha value is -4.35. The lowest BCUT2D eigenvalue weighted by atomic mass is 10.2. The van der Waals surface area contributed by atoms with Crippen LogP contribution in [0.25, 0.3) is 5.69 Å². The topological polar surface area (TPSA) is 137 Å². The van der Waals surface area contributed by atoms with Crippen molar-refractivity contribution in [3.63, 3.8) is 0 Å². The van der Waals surface area contributed by atoms with Crippen molar-refractivity contribution in [1.29, 1.82) is 0 Å². The van der Waals surface area contributed by atoms with Crippen LogP contribution in [0.15, 0.2) is 39.9 Å². The van der Waals surface area contributed by atoms with Crippen LogP contribution in [0.1, 0.15) is 5.69 Å². The second-order valence-electron chi connectivity index (χ2n) is 6.77. The molecule has 12 heteroatoms. The molecule has 0 aliphatic heterocycles. The number of hydrogen-bond acceptors (Lipinski definition) is 9. The van der Waals surface area contributed by atoms with Gasteiger partial charge in [-0.2, -0.15) is 4.98 Å². The summed E-state index contributed by atoms with van der Waals surface area (Å²) in [6.07, 6.45) is 0. The molecule has 0 saturated heterocycles. The van der Waals surface area contributed by atoms with E-state index in [9.17, 15) is 18.8 Å². The van der Waals surface area contributed by atoms with Gasteiger partial charge < -0.3 is 29.2 Å². The highest BCUT2D eigenvalue weighted by Crippen LogP contribution is 2.36. The number of carbonyl (C=O) groups excluding carboxylic acids is 1. The fourth-order valence-corrected chi connectivity index (χ4v) is 2.78. The van der Waals surface area contributed by atoms with Crippen LogP contribution in [0.2, 0.25) is 0 Å². The highest BCUT2D eigenvalue weighted by Gasteiger charge is 2.19. The molecular formula is C21H21FN4O7. The molecular weight excluding hydrogens is 439 g/mol. The van der Waals surface area contributed by atoms with Gasteiger partial charge in [-0.15, -0.1) is 0 Å². The number of methoxy groups -OCH3 is 2. The number of nitrogens with two attached hydrogens (primary N) is 1. The van der Waals surface area contributed by atoms with Gasteiger partial charge in [0.1, 0.15) is 5.82 Å². The first-order valence-corrected chi connectivity index (χ1v) is 9.47. The van der Waals surface area contributed by atoms with Crippen molar-refractivity contribution in [2.24, 2.45) is 7.05 Å². The minimum absolute atomic E-state index is 0.00752. The van der Waals surface area contributed by atoms with Crippen molar-refractivity contribution in [2.45, 2.75) is 6.92 Å². The fourth-order valence-electron chi connectivity index (χ4n) is 2.78. The quantitative estimate of drug-likeness (QED) is 0.409. The third-order valence-corrected chi connectivity index (χ3v) is 4.66. The van der Waals surface area contributed by atoms with E-state index in [1.165, 1.54) is 44.0 Å². The van der Waals surface area contributed by atoms with Crippen LogP contribution >= 0.6 is 0 Å². The lowest BCUT2D eigenvalue weighted by Crippen LogP contribution is -2.38. The first kappa shape index (κ1) is 23.3. The van der Waals surface area contributed by atoms with Crippen LogP contribution in [0.4, 0.5) is 10.1 Å². The number of halogens is 1. The monoisotopic (exact) mass is 460 g/mol. The molecule has 0 amide bonds. The third kappa shape index (κ3) is 4.79. The van der Waals surface area contributed by atoms with Crippen LogP contribution in [-0.2, 0) is 16.6 Å². The summed E-state index contributed by atoms with van der Waals surface area (Å²) in [5, 5.41) is 0. The normalized spacial score (nSPS) is 10.6. The van der Waals surface area contributed by atoms with Gasteiger partial charge in [0.25, 0.3) is 11.4 Å². The Balaban J connectivity index is 2.08. The Morgan fingerprint density at radius 1 is 1.15 bits per heavy atom. The number of esters is 1. The van der Waals surface area contributed by atoms with E-state index in [1.54, 1.807) is 6.92 Å². The minimum Gasteiger partial charge on any atom is -0.481 e. The highest BCUT2D eigenvalue weighted by molar-refractivity contribution is 5.71. The lowest BCUT2D eigenvalue weighted by Gasteiger charge is -2.15. The Morgan fingerprint density at radius 2 is 1.88 bits per heavy atom. The van der Waals surface area contributed by atoms with E-state index in [-0.39, 0.29) is 34.6 Å². The van der Waals surface area contributed by atoms with E-state index in [2.05, 4.69) is 9.72 Å². The predicted octanol–water partition coefficient (Wildman–Crippen LogP) is 1.31. The number of anilines is 1. The van der Waals surface area contributed by atoms with Gasteiger partial charge in [-0.25, -0.2) is 18.5 Å². The number of aromatic nitrogens is 3. The molecule has 0 saturated carbocycles. The van der Waals surface area contributed by atoms with Crippen LogP contribution in [0.5, 0.6) is 23.3 Å². The molecule has 2 aromatic heterocycles. The number of carbonyl (C=O) groups is 1. The third-order valence-electron chi connectivity index (χ3n) is 4.66. The first-order chi connectivity index (χ1) is 15.7.